The molecule has 0 aliphatic heterocycles. The van der Waals surface area contributed by atoms with Gasteiger partial charge in [-0.05, 0) is 69.7 Å². The topological polar surface area (TPSA) is 84.5 Å². The van der Waals surface area contributed by atoms with Crippen LogP contribution in [0.2, 0.25) is 0 Å². The van der Waals surface area contributed by atoms with E-state index in [4.69, 9.17) is 4.74 Å². The van der Waals surface area contributed by atoms with E-state index in [1.165, 1.54) is 12.1 Å². The van der Waals surface area contributed by atoms with E-state index in [2.05, 4.69) is 10.0 Å². The van der Waals surface area contributed by atoms with Gasteiger partial charge in [-0.25, -0.2) is 13.1 Å². The Hall–Kier alpha value is -2.22. The summed E-state index contributed by atoms with van der Waals surface area (Å²) in [4.78, 5) is 12.5. The SMILES string of the molecule is CC(C)NS(=O)(=O)c1ccc(NC(=O)c2ccc(COC(C)C)cc2)cc1. The van der Waals surface area contributed by atoms with Crippen LogP contribution in [0.1, 0.15) is 43.6 Å². The lowest BCUT2D eigenvalue weighted by molar-refractivity contribution is 0.0657. The predicted molar refractivity (Wildman–Crippen MR) is 106 cm³/mol. The van der Waals surface area contributed by atoms with Crippen molar-refractivity contribution in [2.24, 2.45) is 0 Å². The largest absolute Gasteiger partial charge is 0.374 e. The molecular weight excluding hydrogens is 364 g/mol. The van der Waals surface area contributed by atoms with E-state index in [-0.39, 0.29) is 22.9 Å². The van der Waals surface area contributed by atoms with Crippen LogP contribution in [0.4, 0.5) is 5.69 Å². The molecule has 1 amide bonds. The number of carbonyl (C=O) groups is 1. The molecule has 0 unspecified atom stereocenters. The maximum Gasteiger partial charge on any atom is 0.255 e. The molecule has 0 heterocycles. The monoisotopic (exact) mass is 390 g/mol. The fraction of sp³-hybridized carbons (Fsp3) is 0.350. The number of anilines is 1. The first-order valence-corrected chi connectivity index (χ1v) is 10.3. The van der Waals surface area contributed by atoms with E-state index < -0.39 is 10.0 Å². The van der Waals surface area contributed by atoms with E-state index in [0.717, 1.165) is 5.56 Å². The average Bonchev–Trinajstić information content (AvgIpc) is 2.59. The molecule has 0 aliphatic rings. The van der Waals surface area contributed by atoms with Gasteiger partial charge in [0.05, 0.1) is 17.6 Å². The molecule has 0 fully saturated rings. The third-order valence-corrected chi connectivity index (χ3v) is 5.29. The Labute approximate surface area is 161 Å². The van der Waals surface area contributed by atoms with Crippen LogP contribution in [0.5, 0.6) is 0 Å². The molecule has 7 heteroatoms. The third kappa shape index (κ3) is 6.46. The van der Waals surface area contributed by atoms with Crippen LogP contribution in [0.3, 0.4) is 0 Å². The number of hydrogen-bond acceptors (Lipinski definition) is 4. The highest BCUT2D eigenvalue weighted by Crippen LogP contribution is 2.16. The number of carbonyl (C=O) groups excluding carboxylic acids is 1. The van der Waals surface area contributed by atoms with Crippen molar-refractivity contribution in [1.29, 1.82) is 0 Å². The van der Waals surface area contributed by atoms with Crippen molar-refractivity contribution in [1.82, 2.24) is 4.72 Å². The summed E-state index contributed by atoms with van der Waals surface area (Å²) in [5.74, 6) is -0.262. The first-order chi connectivity index (χ1) is 12.7. The van der Waals surface area contributed by atoms with Crippen LogP contribution < -0.4 is 10.0 Å². The zero-order chi connectivity index (χ0) is 20.0. The molecule has 2 N–H and O–H groups in total. The summed E-state index contributed by atoms with van der Waals surface area (Å²) in [6, 6.07) is 13.0. The van der Waals surface area contributed by atoms with Gasteiger partial charge >= 0.3 is 0 Å². The van der Waals surface area contributed by atoms with Crippen molar-refractivity contribution in [2.45, 2.75) is 51.3 Å². The summed E-state index contributed by atoms with van der Waals surface area (Å²) >= 11 is 0. The molecule has 0 spiro atoms. The molecule has 0 atom stereocenters. The van der Waals surface area contributed by atoms with Crippen molar-refractivity contribution >= 4 is 21.6 Å². The molecular formula is C20H26N2O4S. The Balaban J connectivity index is 2.01. The highest BCUT2D eigenvalue weighted by Gasteiger charge is 2.15. The van der Waals surface area contributed by atoms with Crippen LogP contribution >= 0.6 is 0 Å². The minimum absolute atomic E-state index is 0.149. The Bertz CT molecular complexity index is 858. The smallest absolute Gasteiger partial charge is 0.255 e. The Kier molecular flexibility index (Phi) is 7.12. The summed E-state index contributed by atoms with van der Waals surface area (Å²) in [6.45, 7) is 7.95. The molecule has 0 aliphatic carbocycles. The summed E-state index contributed by atoms with van der Waals surface area (Å²) < 4.78 is 32.3. The molecule has 27 heavy (non-hydrogen) atoms. The minimum atomic E-state index is -3.55. The quantitative estimate of drug-likeness (QED) is 0.722. The van der Waals surface area contributed by atoms with Gasteiger partial charge in [0.15, 0.2) is 0 Å². The van der Waals surface area contributed by atoms with E-state index in [1.54, 1.807) is 38.1 Å². The molecule has 0 saturated carbocycles. The number of rotatable bonds is 8. The van der Waals surface area contributed by atoms with Gasteiger partial charge in [0, 0.05) is 17.3 Å². The Morgan fingerprint density at radius 1 is 0.963 bits per heavy atom. The number of benzene rings is 2. The van der Waals surface area contributed by atoms with Crippen LogP contribution in [0.15, 0.2) is 53.4 Å². The van der Waals surface area contributed by atoms with Crippen molar-refractivity contribution in [3.63, 3.8) is 0 Å². The maximum atomic E-state index is 12.3. The molecule has 2 aromatic rings. The van der Waals surface area contributed by atoms with Crippen LogP contribution in [-0.4, -0.2) is 26.5 Å². The predicted octanol–water partition coefficient (Wildman–Crippen LogP) is 3.55. The van der Waals surface area contributed by atoms with E-state index in [9.17, 15) is 13.2 Å². The van der Waals surface area contributed by atoms with E-state index >= 15 is 0 Å². The van der Waals surface area contributed by atoms with Gasteiger partial charge in [0.1, 0.15) is 0 Å². The number of amides is 1. The first kappa shape index (κ1) is 21.1. The Morgan fingerprint density at radius 2 is 1.56 bits per heavy atom. The minimum Gasteiger partial charge on any atom is -0.374 e. The van der Waals surface area contributed by atoms with Gasteiger partial charge in [0.2, 0.25) is 10.0 Å². The molecule has 2 rings (SSSR count). The van der Waals surface area contributed by atoms with Crippen molar-refractivity contribution < 1.29 is 17.9 Å². The lowest BCUT2D eigenvalue weighted by Crippen LogP contribution is -2.30. The van der Waals surface area contributed by atoms with Crippen molar-refractivity contribution in [2.75, 3.05) is 5.32 Å². The van der Waals surface area contributed by atoms with Crippen molar-refractivity contribution in [3.05, 3.63) is 59.7 Å². The molecule has 0 radical (unpaired) electrons. The Morgan fingerprint density at radius 3 is 2.07 bits per heavy atom. The lowest BCUT2D eigenvalue weighted by atomic mass is 10.1. The molecule has 0 aromatic heterocycles. The van der Waals surface area contributed by atoms with E-state index in [1.807, 2.05) is 26.0 Å². The van der Waals surface area contributed by atoms with Crippen LogP contribution in [0.25, 0.3) is 0 Å². The molecule has 0 bridgehead atoms. The van der Waals surface area contributed by atoms with Crippen LogP contribution in [0, 0.1) is 0 Å². The highest BCUT2D eigenvalue weighted by atomic mass is 32.2. The summed E-state index contributed by atoms with van der Waals surface area (Å²) in [7, 11) is -3.55. The molecule has 146 valence electrons. The summed E-state index contributed by atoms with van der Waals surface area (Å²) in [5.41, 5.74) is 2.03. The molecule has 2 aromatic carbocycles. The summed E-state index contributed by atoms with van der Waals surface area (Å²) in [6.07, 6.45) is 0.149. The van der Waals surface area contributed by atoms with Gasteiger partial charge in [-0.3, -0.25) is 4.79 Å². The molecule has 0 saturated heterocycles. The van der Waals surface area contributed by atoms with Gasteiger partial charge in [-0.2, -0.15) is 0 Å². The lowest BCUT2D eigenvalue weighted by Gasteiger charge is -2.11. The summed E-state index contributed by atoms with van der Waals surface area (Å²) in [5, 5.41) is 2.76. The second-order valence-corrected chi connectivity index (χ2v) is 8.53. The number of ether oxygens (including phenoxy) is 1. The number of nitrogens with one attached hydrogen (secondary N) is 2. The standard InChI is InChI=1S/C20H26N2O4S/c1-14(2)22-27(24,25)19-11-9-18(10-12-19)21-20(23)17-7-5-16(6-8-17)13-26-15(3)4/h5-12,14-15,22H,13H2,1-4H3,(H,21,23). The van der Waals surface area contributed by atoms with Gasteiger partial charge in [-0.1, -0.05) is 12.1 Å². The molecule has 6 nitrogen and oxygen atoms in total. The second kappa shape index (κ2) is 9.12. The van der Waals surface area contributed by atoms with Gasteiger partial charge in [0.25, 0.3) is 5.91 Å². The van der Waals surface area contributed by atoms with E-state index in [0.29, 0.717) is 17.9 Å². The fourth-order valence-electron chi connectivity index (χ4n) is 2.31. The normalized spacial score (nSPS) is 11.8. The third-order valence-electron chi connectivity index (χ3n) is 3.61. The highest BCUT2D eigenvalue weighted by molar-refractivity contribution is 7.89. The first-order valence-electron chi connectivity index (χ1n) is 8.81. The number of hydrogen-bond donors (Lipinski definition) is 2. The van der Waals surface area contributed by atoms with Crippen molar-refractivity contribution in [3.8, 4) is 0 Å². The fourth-order valence-corrected chi connectivity index (χ4v) is 3.57. The maximum absolute atomic E-state index is 12.3. The van der Waals surface area contributed by atoms with Gasteiger partial charge in [-0.15, -0.1) is 0 Å². The second-order valence-electron chi connectivity index (χ2n) is 6.81. The number of sulfonamides is 1. The average molecular weight is 391 g/mol. The zero-order valence-electron chi connectivity index (χ0n) is 16.0. The van der Waals surface area contributed by atoms with Gasteiger partial charge < -0.3 is 10.1 Å². The van der Waals surface area contributed by atoms with Crippen LogP contribution in [-0.2, 0) is 21.4 Å². The zero-order valence-corrected chi connectivity index (χ0v) is 16.8.